The van der Waals surface area contributed by atoms with E-state index in [0.29, 0.717) is 23.4 Å². The van der Waals surface area contributed by atoms with Gasteiger partial charge in [0.15, 0.2) is 5.58 Å². The van der Waals surface area contributed by atoms with E-state index in [2.05, 4.69) is 4.98 Å². The first-order chi connectivity index (χ1) is 7.70. The van der Waals surface area contributed by atoms with Crippen LogP contribution in [-0.2, 0) is 4.74 Å². The van der Waals surface area contributed by atoms with Crippen LogP contribution >= 0.6 is 11.8 Å². The highest BCUT2D eigenvalue weighted by atomic mass is 32.2. The highest BCUT2D eigenvalue weighted by Crippen LogP contribution is 2.28. The van der Waals surface area contributed by atoms with Crippen molar-refractivity contribution in [2.45, 2.75) is 4.90 Å². The number of hydrogen-bond acceptors (Lipinski definition) is 5. The molecule has 1 aromatic carbocycles. The summed E-state index contributed by atoms with van der Waals surface area (Å²) in [4.78, 5) is 14.5. The number of ether oxygens (including phenoxy) is 1. The summed E-state index contributed by atoms with van der Waals surface area (Å²) in [6, 6.07) is 3.47. The summed E-state index contributed by atoms with van der Waals surface area (Å²) in [6.07, 6.45) is 0. The number of nitrogens with one attached hydrogen (secondary N) is 1. The third-order valence-corrected chi connectivity index (χ3v) is 3.13. The van der Waals surface area contributed by atoms with Crippen LogP contribution in [0.25, 0.3) is 11.1 Å². The highest BCUT2D eigenvalue weighted by molar-refractivity contribution is 7.99. The Labute approximate surface area is 96.0 Å². The van der Waals surface area contributed by atoms with Crippen LogP contribution in [0.5, 0.6) is 0 Å². The zero-order valence-corrected chi connectivity index (χ0v) is 9.60. The van der Waals surface area contributed by atoms with Crippen LogP contribution in [0.15, 0.2) is 26.2 Å². The molecular weight excluding hydrogens is 228 g/mol. The van der Waals surface area contributed by atoms with E-state index in [9.17, 15) is 4.79 Å². The van der Waals surface area contributed by atoms with Gasteiger partial charge in [-0.15, -0.1) is 11.8 Å². The average Bonchev–Trinajstić information content (AvgIpc) is 2.58. The fraction of sp³-hybridized carbons (Fsp3) is 0.300. The molecule has 1 heterocycles. The van der Waals surface area contributed by atoms with Crippen LogP contribution in [0.4, 0.5) is 5.69 Å². The summed E-state index contributed by atoms with van der Waals surface area (Å²) in [7, 11) is 1.65. The van der Waals surface area contributed by atoms with Crippen LogP contribution < -0.4 is 11.5 Å². The fourth-order valence-electron chi connectivity index (χ4n) is 1.35. The van der Waals surface area contributed by atoms with E-state index in [1.807, 2.05) is 6.07 Å². The molecule has 0 aliphatic heterocycles. The van der Waals surface area contributed by atoms with Crippen LogP contribution in [0.1, 0.15) is 0 Å². The van der Waals surface area contributed by atoms with Crippen LogP contribution in [0.2, 0.25) is 0 Å². The van der Waals surface area contributed by atoms with E-state index in [0.717, 1.165) is 10.6 Å². The molecule has 0 unspecified atom stereocenters. The molecule has 0 saturated carbocycles. The van der Waals surface area contributed by atoms with Gasteiger partial charge in [-0.25, -0.2) is 4.79 Å². The van der Waals surface area contributed by atoms with Crippen molar-refractivity contribution in [1.29, 1.82) is 0 Å². The number of nitrogen functional groups attached to an aromatic ring is 1. The number of benzene rings is 1. The molecule has 0 spiro atoms. The standard InChI is InChI=1S/C10H12N2O3S/c1-14-2-3-16-9-5-7-8(4-6(9)11)15-10(13)12-7/h4-5H,2-3,11H2,1H3,(H,12,13). The van der Waals surface area contributed by atoms with Gasteiger partial charge in [-0.05, 0) is 6.07 Å². The monoisotopic (exact) mass is 240 g/mol. The summed E-state index contributed by atoms with van der Waals surface area (Å²) >= 11 is 1.58. The Morgan fingerprint density at radius 2 is 2.38 bits per heavy atom. The first kappa shape index (κ1) is 11.1. The Kier molecular flexibility index (Phi) is 3.21. The Hall–Kier alpha value is -1.40. The number of methoxy groups -OCH3 is 1. The number of fused-ring (bicyclic) bond motifs is 1. The Morgan fingerprint density at radius 1 is 1.56 bits per heavy atom. The topological polar surface area (TPSA) is 81.2 Å². The SMILES string of the molecule is COCCSc1cc2[nH]c(=O)oc2cc1N. The van der Waals surface area contributed by atoms with Gasteiger partial charge in [0.2, 0.25) is 0 Å². The molecule has 0 fully saturated rings. The van der Waals surface area contributed by atoms with Crippen molar-refractivity contribution in [1.82, 2.24) is 4.98 Å². The largest absolute Gasteiger partial charge is 0.417 e. The molecule has 3 N–H and O–H groups in total. The lowest BCUT2D eigenvalue weighted by atomic mass is 10.3. The van der Waals surface area contributed by atoms with Gasteiger partial charge in [0.05, 0.1) is 12.1 Å². The maximum Gasteiger partial charge on any atom is 0.417 e. The van der Waals surface area contributed by atoms with Crippen molar-refractivity contribution in [3.63, 3.8) is 0 Å². The zero-order valence-electron chi connectivity index (χ0n) is 8.78. The molecule has 5 nitrogen and oxygen atoms in total. The summed E-state index contributed by atoms with van der Waals surface area (Å²) < 4.78 is 9.86. The number of rotatable bonds is 4. The van der Waals surface area contributed by atoms with Gasteiger partial charge in [0.1, 0.15) is 0 Å². The molecule has 0 bridgehead atoms. The van der Waals surface area contributed by atoms with Crippen molar-refractivity contribution in [2.24, 2.45) is 0 Å². The minimum absolute atomic E-state index is 0.464. The Bertz CT molecular complexity index is 546. The maximum absolute atomic E-state index is 11.0. The average molecular weight is 240 g/mol. The number of aromatic nitrogens is 1. The molecule has 0 radical (unpaired) electrons. The molecule has 2 aromatic rings. The van der Waals surface area contributed by atoms with E-state index in [1.165, 1.54) is 0 Å². The number of thioether (sulfide) groups is 1. The lowest BCUT2D eigenvalue weighted by molar-refractivity contribution is 0.218. The summed E-state index contributed by atoms with van der Waals surface area (Å²) in [5, 5.41) is 0. The quantitative estimate of drug-likeness (QED) is 0.480. The van der Waals surface area contributed by atoms with Crippen molar-refractivity contribution >= 4 is 28.5 Å². The third-order valence-electron chi connectivity index (χ3n) is 2.10. The fourth-order valence-corrected chi connectivity index (χ4v) is 2.25. The normalized spacial score (nSPS) is 11.1. The molecule has 86 valence electrons. The minimum atomic E-state index is -0.464. The zero-order chi connectivity index (χ0) is 11.5. The highest BCUT2D eigenvalue weighted by Gasteiger charge is 2.06. The molecule has 0 aliphatic carbocycles. The van der Waals surface area contributed by atoms with Gasteiger partial charge in [-0.3, -0.25) is 4.98 Å². The molecule has 1 aromatic heterocycles. The lowest BCUT2D eigenvalue weighted by Gasteiger charge is -2.04. The molecular formula is C10H12N2O3S. The molecule has 2 rings (SSSR count). The number of H-pyrrole nitrogens is 1. The minimum Gasteiger partial charge on any atom is -0.408 e. The predicted molar refractivity (Wildman–Crippen MR) is 63.8 cm³/mol. The maximum atomic E-state index is 11.0. The van der Waals surface area contributed by atoms with Crippen molar-refractivity contribution in [2.75, 3.05) is 25.2 Å². The van der Waals surface area contributed by atoms with Gasteiger partial charge < -0.3 is 14.9 Å². The molecule has 0 saturated heterocycles. The summed E-state index contributed by atoms with van der Waals surface area (Å²) in [6.45, 7) is 0.657. The van der Waals surface area contributed by atoms with E-state index >= 15 is 0 Å². The van der Waals surface area contributed by atoms with Crippen LogP contribution in [0, 0.1) is 0 Å². The van der Waals surface area contributed by atoms with Crippen LogP contribution in [-0.4, -0.2) is 24.5 Å². The second-order valence-corrected chi connectivity index (χ2v) is 4.38. The Balaban J connectivity index is 2.30. The van der Waals surface area contributed by atoms with Crippen molar-refractivity contribution in [3.05, 3.63) is 22.7 Å². The second kappa shape index (κ2) is 4.63. The van der Waals surface area contributed by atoms with Gasteiger partial charge in [0.25, 0.3) is 0 Å². The lowest BCUT2D eigenvalue weighted by Crippen LogP contribution is -1.94. The van der Waals surface area contributed by atoms with Gasteiger partial charge >= 0.3 is 5.76 Å². The molecule has 0 amide bonds. The first-order valence-corrected chi connectivity index (χ1v) is 5.73. The molecule has 0 aliphatic rings. The summed E-state index contributed by atoms with van der Waals surface area (Å²) in [5.41, 5.74) is 7.60. The van der Waals surface area contributed by atoms with E-state index in [-0.39, 0.29) is 0 Å². The van der Waals surface area contributed by atoms with Gasteiger partial charge in [-0.2, -0.15) is 0 Å². The van der Waals surface area contributed by atoms with Crippen LogP contribution in [0.3, 0.4) is 0 Å². The van der Waals surface area contributed by atoms with Gasteiger partial charge in [-0.1, -0.05) is 0 Å². The molecule has 16 heavy (non-hydrogen) atoms. The van der Waals surface area contributed by atoms with E-state index < -0.39 is 5.76 Å². The smallest absolute Gasteiger partial charge is 0.408 e. The van der Waals surface area contributed by atoms with Crippen molar-refractivity contribution < 1.29 is 9.15 Å². The number of nitrogens with two attached hydrogens (primary N) is 1. The Morgan fingerprint density at radius 3 is 3.12 bits per heavy atom. The number of aromatic amines is 1. The second-order valence-electron chi connectivity index (χ2n) is 3.24. The predicted octanol–water partition coefficient (Wildman–Crippen LogP) is 1.44. The number of oxazole rings is 1. The molecule has 6 heteroatoms. The third kappa shape index (κ3) is 2.23. The van der Waals surface area contributed by atoms with Gasteiger partial charge in [0, 0.05) is 29.5 Å². The summed E-state index contributed by atoms with van der Waals surface area (Å²) in [5.74, 6) is 0.349. The number of anilines is 1. The first-order valence-electron chi connectivity index (χ1n) is 4.75. The van der Waals surface area contributed by atoms with E-state index in [1.54, 1.807) is 24.9 Å². The van der Waals surface area contributed by atoms with Crippen molar-refractivity contribution in [3.8, 4) is 0 Å². The molecule has 0 atom stereocenters. The van der Waals surface area contributed by atoms with E-state index in [4.69, 9.17) is 14.9 Å². The number of hydrogen-bond donors (Lipinski definition) is 2.